The number of carbonyl (C=O) groups excluding carboxylic acids is 2. The molecule has 2 aliphatic rings. The second-order valence-corrected chi connectivity index (χ2v) is 12.8. The number of amides is 2. The van der Waals surface area contributed by atoms with Crippen LogP contribution in [0.15, 0.2) is 53.5 Å². The van der Waals surface area contributed by atoms with Gasteiger partial charge in [0, 0.05) is 17.7 Å². The molecule has 2 aromatic carbocycles. The normalized spacial score (nSPS) is 22.3. The minimum Gasteiger partial charge on any atom is -0.481 e. The highest BCUT2D eigenvalue weighted by molar-refractivity contribution is 6.46. The van der Waals surface area contributed by atoms with Crippen molar-refractivity contribution in [1.29, 1.82) is 0 Å². The van der Waals surface area contributed by atoms with Gasteiger partial charge >= 0.3 is 12.1 Å². The van der Waals surface area contributed by atoms with Gasteiger partial charge in [0.2, 0.25) is 0 Å². The fourth-order valence-electron chi connectivity index (χ4n) is 5.98. The third kappa shape index (κ3) is 7.09. The quantitative estimate of drug-likeness (QED) is 0.375. The van der Waals surface area contributed by atoms with Crippen LogP contribution >= 0.6 is 0 Å². The molecule has 232 valence electrons. The predicted molar refractivity (Wildman–Crippen MR) is 154 cm³/mol. The molecule has 0 bridgehead atoms. The number of hydrogen-bond donors (Lipinski definition) is 3. The predicted octanol–water partition coefficient (Wildman–Crippen LogP) is 5.38. The molecular weight excluding hydrogens is 563 g/mol. The van der Waals surface area contributed by atoms with Crippen LogP contribution in [0, 0.1) is 11.3 Å². The summed E-state index contributed by atoms with van der Waals surface area (Å²) in [6, 6.07) is 10.7. The average Bonchev–Trinajstić information content (AvgIpc) is 3.18. The second kappa shape index (κ2) is 11.7. The number of benzene rings is 2. The zero-order valence-electron chi connectivity index (χ0n) is 24.8. The number of nitrogens with one attached hydrogen (secondary N) is 1. The van der Waals surface area contributed by atoms with E-state index in [1.54, 1.807) is 19.1 Å². The highest BCUT2D eigenvalue weighted by Crippen LogP contribution is 2.47. The molecule has 1 fully saturated rings. The number of aliphatic carboxylic acids is 1. The largest absolute Gasteiger partial charge is 0.481 e. The summed E-state index contributed by atoms with van der Waals surface area (Å²) < 4.78 is 40.5. The van der Waals surface area contributed by atoms with E-state index in [0.29, 0.717) is 24.3 Å². The summed E-state index contributed by atoms with van der Waals surface area (Å²) in [5.74, 6) is -1.66. The van der Waals surface area contributed by atoms with Crippen molar-refractivity contribution in [3.63, 3.8) is 0 Å². The summed E-state index contributed by atoms with van der Waals surface area (Å²) in [6.07, 6.45) is -2.25. The number of hydrogen-bond acceptors (Lipinski definition) is 5. The molecule has 1 heterocycles. The van der Waals surface area contributed by atoms with Crippen LogP contribution in [0.4, 0.5) is 13.2 Å². The Balaban J connectivity index is 1.62. The van der Waals surface area contributed by atoms with Gasteiger partial charge in [-0.15, -0.1) is 0 Å². The molecule has 1 aliphatic heterocycles. The molecule has 43 heavy (non-hydrogen) atoms. The molecule has 11 heteroatoms. The molecule has 0 aromatic heterocycles. The van der Waals surface area contributed by atoms with Crippen LogP contribution in [0.3, 0.4) is 0 Å². The monoisotopic (exact) mass is 601 g/mol. The molecule has 2 aromatic rings. The summed E-state index contributed by atoms with van der Waals surface area (Å²) in [4.78, 5) is 43.3. The van der Waals surface area contributed by atoms with E-state index in [1.807, 2.05) is 0 Å². The van der Waals surface area contributed by atoms with Gasteiger partial charge in [0.1, 0.15) is 17.0 Å². The van der Waals surface area contributed by atoms with Gasteiger partial charge in [-0.1, -0.05) is 45.0 Å². The van der Waals surface area contributed by atoms with Crippen LogP contribution < -0.4 is 5.32 Å². The number of carbonyl (C=O) groups is 3. The first-order chi connectivity index (χ1) is 19.9. The fraction of sp³-hybridized carbons (Fsp3) is 0.500. The van der Waals surface area contributed by atoms with Gasteiger partial charge in [0.25, 0.3) is 11.8 Å². The summed E-state index contributed by atoms with van der Waals surface area (Å²) in [5.41, 5.74) is -2.69. The van der Waals surface area contributed by atoms with Gasteiger partial charge in [-0.3, -0.25) is 19.4 Å². The lowest BCUT2D eigenvalue weighted by atomic mass is 9.69. The molecule has 1 unspecified atom stereocenters. The van der Waals surface area contributed by atoms with E-state index in [-0.39, 0.29) is 41.8 Å². The Labute approximate surface area is 249 Å². The van der Waals surface area contributed by atoms with E-state index in [4.69, 9.17) is 10.1 Å². The Kier molecular flexibility index (Phi) is 8.79. The van der Waals surface area contributed by atoms with Crippen molar-refractivity contribution in [3.8, 4) is 0 Å². The highest BCUT2D eigenvalue weighted by atomic mass is 19.4. The number of rotatable bonds is 8. The molecule has 0 saturated heterocycles. The smallest absolute Gasteiger partial charge is 0.416 e. The fourth-order valence-corrected chi connectivity index (χ4v) is 5.98. The van der Waals surface area contributed by atoms with E-state index in [2.05, 4.69) is 26.1 Å². The van der Waals surface area contributed by atoms with E-state index >= 15 is 0 Å². The lowest BCUT2D eigenvalue weighted by Crippen LogP contribution is -2.54. The molecule has 3 N–H and O–H groups in total. The zero-order chi connectivity index (χ0) is 31.8. The van der Waals surface area contributed by atoms with Crippen LogP contribution in [-0.4, -0.2) is 57.4 Å². The van der Waals surface area contributed by atoms with Crippen molar-refractivity contribution in [3.05, 3.63) is 70.8 Å². The minimum atomic E-state index is -4.58. The first-order valence-corrected chi connectivity index (χ1v) is 14.4. The molecular formula is C32H38F3N3O5. The van der Waals surface area contributed by atoms with Crippen LogP contribution in [0.2, 0.25) is 0 Å². The van der Waals surface area contributed by atoms with Crippen LogP contribution in [0.1, 0.15) is 86.8 Å². The van der Waals surface area contributed by atoms with Gasteiger partial charge in [0.15, 0.2) is 0 Å². The Morgan fingerprint density at radius 1 is 1.02 bits per heavy atom. The number of carboxylic acids is 1. The van der Waals surface area contributed by atoms with E-state index < -0.39 is 40.8 Å². The van der Waals surface area contributed by atoms with Gasteiger partial charge in [-0.05, 0) is 73.8 Å². The topological polar surface area (TPSA) is 119 Å². The standard InChI is InChI=1S/C32H38F3N3O5/c1-29(2,3)22-12-15-31(16-13-22)37-26(21-6-5-7-24(18-21)32(33,34)35)28(42)38(31)19-30(4,43)23-10-8-20(9-11-23)27(41)36-17-14-25(39)40/h5-11,18,22,43H,12-17,19H2,1-4H3,(H,36,41)(H,39,40). The SMILES string of the molecule is CC(O)(CN1C(=O)C(c2cccc(C(F)(F)F)c2)=NC12CCC(C(C)(C)C)CC2)c1ccc(C(=O)NCCC(=O)O)cc1. The number of halogens is 3. The lowest BCUT2D eigenvalue weighted by molar-refractivity contribution is -0.138. The molecule has 2 amide bonds. The maximum atomic E-state index is 13.9. The first-order valence-electron chi connectivity index (χ1n) is 14.4. The number of aliphatic hydroxyl groups is 1. The van der Waals surface area contributed by atoms with Gasteiger partial charge in [-0.25, -0.2) is 0 Å². The average molecular weight is 602 g/mol. The Morgan fingerprint density at radius 2 is 1.65 bits per heavy atom. The number of nitrogens with zero attached hydrogens (tertiary/aromatic N) is 2. The molecule has 0 radical (unpaired) electrons. The molecule has 1 saturated carbocycles. The maximum absolute atomic E-state index is 13.9. The number of β-amino-alcohol motifs (C(OH)–C–C–N with tert-alkyl or cyclic N) is 1. The molecule has 1 spiro atoms. The Morgan fingerprint density at radius 3 is 2.21 bits per heavy atom. The van der Waals surface area contributed by atoms with Crippen LogP contribution in [0.25, 0.3) is 0 Å². The van der Waals surface area contributed by atoms with Crippen molar-refractivity contribution < 1.29 is 37.8 Å². The highest BCUT2D eigenvalue weighted by Gasteiger charge is 2.52. The van der Waals surface area contributed by atoms with Crippen molar-refractivity contribution in [2.75, 3.05) is 13.1 Å². The molecule has 1 atom stereocenters. The summed E-state index contributed by atoms with van der Waals surface area (Å²) >= 11 is 0. The maximum Gasteiger partial charge on any atom is 0.416 e. The van der Waals surface area contributed by atoms with Crippen LogP contribution in [0.5, 0.6) is 0 Å². The van der Waals surface area contributed by atoms with Gasteiger partial charge < -0.3 is 20.4 Å². The number of aliphatic imine (C=N–C) groups is 1. The van der Waals surface area contributed by atoms with E-state index in [0.717, 1.165) is 25.0 Å². The van der Waals surface area contributed by atoms with Gasteiger partial charge in [-0.2, -0.15) is 13.2 Å². The summed E-state index contributed by atoms with van der Waals surface area (Å²) in [6.45, 7) is 7.82. The zero-order valence-corrected chi connectivity index (χ0v) is 24.8. The first kappa shape index (κ1) is 32.2. The van der Waals surface area contributed by atoms with E-state index in [1.165, 1.54) is 29.2 Å². The minimum absolute atomic E-state index is 0.0307. The van der Waals surface area contributed by atoms with Gasteiger partial charge in [0.05, 0.1) is 18.5 Å². The molecule has 4 rings (SSSR count). The Bertz CT molecular complexity index is 1400. The number of carboxylic acid groups (broad SMARTS) is 1. The molecule has 8 nitrogen and oxygen atoms in total. The van der Waals surface area contributed by atoms with Crippen molar-refractivity contribution >= 4 is 23.5 Å². The Hall–Kier alpha value is -3.73. The number of alkyl halides is 3. The second-order valence-electron chi connectivity index (χ2n) is 12.8. The summed E-state index contributed by atoms with van der Waals surface area (Å²) in [7, 11) is 0. The molecule has 1 aliphatic carbocycles. The van der Waals surface area contributed by atoms with Crippen molar-refractivity contribution in [1.82, 2.24) is 10.2 Å². The van der Waals surface area contributed by atoms with Crippen molar-refractivity contribution in [2.24, 2.45) is 16.3 Å². The van der Waals surface area contributed by atoms with E-state index in [9.17, 15) is 32.7 Å². The van der Waals surface area contributed by atoms with Crippen molar-refractivity contribution in [2.45, 2.75) is 77.2 Å². The lowest BCUT2D eigenvalue weighted by Gasteiger charge is -2.46. The van der Waals surface area contributed by atoms with Crippen LogP contribution in [-0.2, 0) is 21.4 Å². The third-order valence-electron chi connectivity index (χ3n) is 8.60. The third-order valence-corrected chi connectivity index (χ3v) is 8.60. The summed E-state index contributed by atoms with van der Waals surface area (Å²) in [5, 5.41) is 22.9.